The first-order valence-corrected chi connectivity index (χ1v) is 8.55. The second kappa shape index (κ2) is 7.22. The van der Waals surface area contributed by atoms with Gasteiger partial charge >= 0.3 is 12.4 Å². The quantitative estimate of drug-likeness (QED) is 0.395. The van der Waals surface area contributed by atoms with Crippen LogP contribution in [-0.4, -0.2) is 24.8 Å². The average molecular weight is 428 g/mol. The van der Waals surface area contributed by atoms with Crippen molar-refractivity contribution in [1.29, 1.82) is 0 Å². The van der Waals surface area contributed by atoms with E-state index in [2.05, 4.69) is 5.10 Å². The number of phenolic OH excluding ortho intramolecular Hbond substituents is 2. The zero-order chi connectivity index (χ0) is 21.3. The standard InChI is InChI=1S/C15H10F6N2O4S/c16-14(17,18)9-3-10(15(19,20)21)5-12(4-9)28(26,27)23-22-7-8-1-2-11(24)6-13(8)25/h1-7,23-25H/b22-7-. The molecule has 0 fully saturated rings. The lowest BCUT2D eigenvalue weighted by molar-refractivity contribution is -0.143. The minimum atomic E-state index is -5.22. The molecular weight excluding hydrogens is 418 g/mol. The molecule has 0 unspecified atom stereocenters. The van der Waals surface area contributed by atoms with E-state index in [0.29, 0.717) is 0 Å². The molecule has 0 aliphatic heterocycles. The third-order valence-corrected chi connectivity index (χ3v) is 4.46. The maximum atomic E-state index is 12.8. The van der Waals surface area contributed by atoms with E-state index in [1.165, 1.54) is 4.83 Å². The van der Waals surface area contributed by atoms with Gasteiger partial charge in [0.25, 0.3) is 10.0 Å². The monoisotopic (exact) mass is 428 g/mol. The van der Waals surface area contributed by atoms with Gasteiger partial charge in [0.2, 0.25) is 0 Å². The summed E-state index contributed by atoms with van der Waals surface area (Å²) in [6.45, 7) is 0. The Morgan fingerprint density at radius 2 is 1.43 bits per heavy atom. The molecule has 2 aromatic rings. The summed E-state index contributed by atoms with van der Waals surface area (Å²) in [6, 6.07) is 3.01. The molecule has 0 aliphatic carbocycles. The van der Waals surface area contributed by atoms with Gasteiger partial charge < -0.3 is 10.2 Å². The van der Waals surface area contributed by atoms with Crippen LogP contribution in [0.3, 0.4) is 0 Å². The summed E-state index contributed by atoms with van der Waals surface area (Å²) in [5, 5.41) is 21.8. The Balaban J connectivity index is 2.40. The first kappa shape index (κ1) is 21.3. The summed E-state index contributed by atoms with van der Waals surface area (Å²) < 4.78 is 101. The molecule has 152 valence electrons. The lowest BCUT2D eigenvalue weighted by Gasteiger charge is -2.14. The Morgan fingerprint density at radius 3 is 1.89 bits per heavy atom. The number of benzene rings is 2. The molecule has 13 heteroatoms. The summed E-state index contributed by atoms with van der Waals surface area (Å²) in [5.41, 5.74) is -3.69. The lowest BCUT2D eigenvalue weighted by atomic mass is 10.1. The van der Waals surface area contributed by atoms with Crippen molar-refractivity contribution in [2.24, 2.45) is 5.10 Å². The summed E-state index contributed by atoms with van der Waals surface area (Å²) in [7, 11) is -4.90. The molecule has 0 atom stereocenters. The molecule has 0 saturated carbocycles. The van der Waals surface area contributed by atoms with Crippen LogP contribution >= 0.6 is 0 Å². The van der Waals surface area contributed by atoms with Crippen molar-refractivity contribution in [3.05, 3.63) is 53.1 Å². The number of halogens is 6. The normalized spacial score (nSPS) is 13.1. The third-order valence-electron chi connectivity index (χ3n) is 3.26. The molecule has 0 bridgehead atoms. The number of alkyl halides is 6. The molecule has 0 saturated heterocycles. The zero-order valence-electron chi connectivity index (χ0n) is 13.4. The molecular formula is C15H10F6N2O4S. The number of sulfonamides is 1. The summed E-state index contributed by atoms with van der Waals surface area (Å²) in [5.74, 6) is -0.805. The minimum absolute atomic E-state index is 0.0329. The highest BCUT2D eigenvalue weighted by Gasteiger charge is 2.38. The topological polar surface area (TPSA) is 99.0 Å². The highest BCUT2D eigenvalue weighted by Crippen LogP contribution is 2.37. The number of hydrogen-bond donors (Lipinski definition) is 3. The van der Waals surface area contributed by atoms with Gasteiger partial charge in [0.15, 0.2) is 0 Å². The number of rotatable bonds is 4. The van der Waals surface area contributed by atoms with Gasteiger partial charge in [-0.3, -0.25) is 0 Å². The number of phenols is 2. The van der Waals surface area contributed by atoms with Crippen LogP contribution in [-0.2, 0) is 22.4 Å². The largest absolute Gasteiger partial charge is 0.508 e. The van der Waals surface area contributed by atoms with Gasteiger partial charge in [-0.05, 0) is 30.3 Å². The van der Waals surface area contributed by atoms with E-state index in [-0.39, 0.29) is 29.5 Å². The fraction of sp³-hybridized carbons (Fsp3) is 0.133. The van der Waals surface area contributed by atoms with Gasteiger partial charge in [-0.1, -0.05) is 0 Å². The Kier molecular flexibility index (Phi) is 5.50. The predicted octanol–water partition coefficient (Wildman–Crippen LogP) is 3.45. The lowest BCUT2D eigenvalue weighted by Crippen LogP contribution is -2.21. The van der Waals surface area contributed by atoms with Crippen LogP contribution in [0.1, 0.15) is 16.7 Å². The molecule has 0 spiro atoms. The van der Waals surface area contributed by atoms with Crippen LogP contribution in [0.4, 0.5) is 26.3 Å². The van der Waals surface area contributed by atoms with Crippen LogP contribution in [0.25, 0.3) is 0 Å². The summed E-state index contributed by atoms with van der Waals surface area (Å²) in [6.07, 6.45) is -9.69. The van der Waals surface area contributed by atoms with Crippen molar-refractivity contribution >= 4 is 16.2 Å². The fourth-order valence-corrected chi connectivity index (χ4v) is 2.80. The van der Waals surface area contributed by atoms with Crippen molar-refractivity contribution in [3.63, 3.8) is 0 Å². The number of hydrogen-bond acceptors (Lipinski definition) is 5. The van der Waals surface area contributed by atoms with Gasteiger partial charge in [0, 0.05) is 11.6 Å². The summed E-state index contributed by atoms with van der Waals surface area (Å²) >= 11 is 0. The van der Waals surface area contributed by atoms with Gasteiger partial charge in [-0.25, -0.2) is 4.83 Å². The average Bonchev–Trinajstić information content (AvgIpc) is 2.55. The van der Waals surface area contributed by atoms with Crippen LogP contribution in [0.5, 0.6) is 11.5 Å². The van der Waals surface area contributed by atoms with Crippen LogP contribution < -0.4 is 4.83 Å². The second-order valence-corrected chi connectivity index (χ2v) is 7.00. The van der Waals surface area contributed by atoms with Gasteiger partial charge in [0.1, 0.15) is 11.5 Å². The maximum absolute atomic E-state index is 12.8. The first-order valence-electron chi connectivity index (χ1n) is 7.06. The van der Waals surface area contributed by atoms with E-state index in [1.54, 1.807) is 0 Å². The molecule has 2 rings (SSSR count). The highest BCUT2D eigenvalue weighted by molar-refractivity contribution is 7.89. The number of aromatic hydroxyl groups is 2. The fourth-order valence-electron chi connectivity index (χ4n) is 1.94. The highest BCUT2D eigenvalue weighted by atomic mass is 32.2. The molecule has 3 N–H and O–H groups in total. The molecule has 0 aromatic heterocycles. The Labute approximate surface area is 153 Å². The van der Waals surface area contributed by atoms with Crippen LogP contribution in [0, 0.1) is 0 Å². The second-order valence-electron chi connectivity index (χ2n) is 5.34. The summed E-state index contributed by atoms with van der Waals surface area (Å²) in [4.78, 5) is 0.152. The van der Waals surface area contributed by atoms with E-state index in [9.17, 15) is 39.9 Å². The molecule has 0 aliphatic rings. The number of nitrogens with one attached hydrogen (secondary N) is 1. The van der Waals surface area contributed by atoms with Gasteiger partial charge in [-0.15, -0.1) is 0 Å². The van der Waals surface area contributed by atoms with Gasteiger partial charge in [-0.2, -0.15) is 39.9 Å². The van der Waals surface area contributed by atoms with Crippen molar-refractivity contribution in [2.45, 2.75) is 17.2 Å². The van der Waals surface area contributed by atoms with E-state index in [0.717, 1.165) is 24.4 Å². The molecule has 0 heterocycles. The smallest absolute Gasteiger partial charge is 0.416 e. The predicted molar refractivity (Wildman–Crippen MR) is 84.1 cm³/mol. The van der Waals surface area contributed by atoms with Crippen molar-refractivity contribution in [3.8, 4) is 11.5 Å². The molecule has 0 amide bonds. The Bertz CT molecular complexity index is 984. The molecule has 0 radical (unpaired) electrons. The van der Waals surface area contributed by atoms with Crippen molar-refractivity contribution in [2.75, 3.05) is 0 Å². The van der Waals surface area contributed by atoms with Crippen LogP contribution in [0.15, 0.2) is 46.4 Å². The Hall–Kier alpha value is -2.96. The maximum Gasteiger partial charge on any atom is 0.416 e. The number of hydrazone groups is 1. The van der Waals surface area contributed by atoms with Gasteiger partial charge in [0.05, 0.1) is 22.2 Å². The van der Waals surface area contributed by atoms with E-state index < -0.39 is 44.1 Å². The Morgan fingerprint density at radius 1 is 0.893 bits per heavy atom. The zero-order valence-corrected chi connectivity index (χ0v) is 14.2. The molecule has 28 heavy (non-hydrogen) atoms. The molecule has 6 nitrogen and oxygen atoms in total. The van der Waals surface area contributed by atoms with Crippen molar-refractivity contribution < 1.29 is 45.0 Å². The van der Waals surface area contributed by atoms with E-state index >= 15 is 0 Å². The van der Waals surface area contributed by atoms with E-state index in [1.807, 2.05) is 0 Å². The van der Waals surface area contributed by atoms with Crippen LogP contribution in [0.2, 0.25) is 0 Å². The molecule has 2 aromatic carbocycles. The van der Waals surface area contributed by atoms with Crippen molar-refractivity contribution in [1.82, 2.24) is 4.83 Å². The third kappa shape index (κ3) is 5.06. The minimum Gasteiger partial charge on any atom is -0.508 e. The van der Waals surface area contributed by atoms with E-state index in [4.69, 9.17) is 5.11 Å². The SMILES string of the molecule is O=S(=O)(N/N=C\c1ccc(O)cc1O)c1cc(C(F)(F)F)cc(C(F)(F)F)c1. The first-order chi connectivity index (χ1) is 12.7. The number of nitrogens with zero attached hydrogens (tertiary/aromatic N) is 1.